The molecular weight excluding hydrogens is 225 g/mol. The molecule has 2 aromatic rings. The monoisotopic (exact) mass is 243 g/mol. The fourth-order valence-electron chi connectivity index (χ4n) is 2.13. The van der Waals surface area contributed by atoms with Crippen molar-refractivity contribution in [1.29, 1.82) is 0 Å². The van der Waals surface area contributed by atoms with Crippen molar-refractivity contribution in [3.8, 4) is 0 Å². The smallest absolute Gasteiger partial charge is 0.128 e. The van der Waals surface area contributed by atoms with Gasteiger partial charge < -0.3 is 5.32 Å². The van der Waals surface area contributed by atoms with E-state index in [-0.39, 0.29) is 11.9 Å². The zero-order valence-electron chi connectivity index (χ0n) is 10.8. The number of likely N-dealkylation sites (N-methyl/N-ethyl adjacent to an activating group) is 1. The average molecular weight is 243 g/mol. The Labute approximate surface area is 108 Å². The van der Waals surface area contributed by atoms with Gasteiger partial charge in [0.1, 0.15) is 5.82 Å². The number of hydrogen-bond acceptors (Lipinski definition) is 1. The summed E-state index contributed by atoms with van der Waals surface area (Å²) in [7, 11) is 1.87. The molecule has 0 aromatic heterocycles. The molecule has 0 aliphatic carbocycles. The summed E-state index contributed by atoms with van der Waals surface area (Å²) in [5, 5.41) is 3.19. The number of hydrogen-bond donors (Lipinski definition) is 1. The second-order valence-corrected chi connectivity index (χ2v) is 4.56. The molecule has 1 unspecified atom stereocenters. The largest absolute Gasteiger partial charge is 0.313 e. The van der Waals surface area contributed by atoms with Gasteiger partial charge in [0.25, 0.3) is 0 Å². The van der Waals surface area contributed by atoms with Gasteiger partial charge in [0, 0.05) is 11.6 Å². The van der Waals surface area contributed by atoms with Crippen molar-refractivity contribution in [2.75, 3.05) is 7.05 Å². The van der Waals surface area contributed by atoms with Crippen LogP contribution in [0, 0.1) is 12.7 Å². The first-order chi connectivity index (χ1) is 8.70. The predicted octanol–water partition coefficient (Wildman–Crippen LogP) is 3.64. The van der Waals surface area contributed by atoms with Crippen LogP contribution in [0.2, 0.25) is 0 Å². The molecule has 2 heteroatoms. The molecule has 0 saturated carbocycles. The van der Waals surface area contributed by atoms with Gasteiger partial charge in [-0.05, 0) is 37.6 Å². The second kappa shape index (κ2) is 5.78. The summed E-state index contributed by atoms with van der Waals surface area (Å²) in [6, 6.07) is 15.6. The molecule has 0 radical (unpaired) electrons. The Kier molecular flexibility index (Phi) is 4.11. The summed E-state index contributed by atoms with van der Waals surface area (Å²) in [5.74, 6) is -0.134. The lowest BCUT2D eigenvalue weighted by molar-refractivity contribution is 0.533. The molecule has 1 nitrogen and oxygen atoms in total. The first-order valence-electron chi connectivity index (χ1n) is 6.18. The molecule has 2 rings (SSSR count). The Morgan fingerprint density at radius 1 is 1.11 bits per heavy atom. The number of benzene rings is 2. The maximum absolute atomic E-state index is 14.0. The van der Waals surface area contributed by atoms with Gasteiger partial charge in [-0.1, -0.05) is 42.5 Å². The summed E-state index contributed by atoms with van der Waals surface area (Å²) >= 11 is 0. The quantitative estimate of drug-likeness (QED) is 0.864. The highest BCUT2D eigenvalue weighted by Gasteiger charge is 2.14. The minimum absolute atomic E-state index is 0.00741. The average Bonchev–Trinajstić information content (AvgIpc) is 2.38. The molecule has 0 amide bonds. The molecule has 0 bridgehead atoms. The number of halogens is 1. The normalized spacial score (nSPS) is 12.4. The van der Waals surface area contributed by atoms with Crippen LogP contribution in [0.15, 0.2) is 48.5 Å². The zero-order chi connectivity index (χ0) is 13.0. The minimum atomic E-state index is -0.134. The highest BCUT2D eigenvalue weighted by Crippen LogP contribution is 2.21. The molecule has 0 saturated heterocycles. The van der Waals surface area contributed by atoms with Crippen LogP contribution in [0.5, 0.6) is 0 Å². The lowest BCUT2D eigenvalue weighted by Crippen LogP contribution is -2.20. The SMILES string of the molecule is CNC(Cc1ccccc1)c1ccc(C)cc1F. The van der Waals surface area contributed by atoms with E-state index in [1.54, 1.807) is 6.07 Å². The fourth-order valence-corrected chi connectivity index (χ4v) is 2.13. The molecular formula is C16H18FN. The third-order valence-corrected chi connectivity index (χ3v) is 3.16. The summed E-state index contributed by atoms with van der Waals surface area (Å²) in [4.78, 5) is 0. The van der Waals surface area contributed by atoms with Gasteiger partial charge in [-0.25, -0.2) is 4.39 Å². The number of aryl methyl sites for hydroxylation is 1. The van der Waals surface area contributed by atoms with Crippen molar-refractivity contribution in [2.45, 2.75) is 19.4 Å². The molecule has 1 N–H and O–H groups in total. The summed E-state index contributed by atoms with van der Waals surface area (Å²) in [6.45, 7) is 1.90. The van der Waals surface area contributed by atoms with Crippen molar-refractivity contribution < 1.29 is 4.39 Å². The predicted molar refractivity (Wildman–Crippen MR) is 73.1 cm³/mol. The van der Waals surface area contributed by atoms with Gasteiger partial charge in [0.2, 0.25) is 0 Å². The lowest BCUT2D eigenvalue weighted by Gasteiger charge is -2.17. The molecule has 18 heavy (non-hydrogen) atoms. The van der Waals surface area contributed by atoms with E-state index >= 15 is 0 Å². The van der Waals surface area contributed by atoms with Gasteiger partial charge in [-0.15, -0.1) is 0 Å². The number of rotatable bonds is 4. The maximum Gasteiger partial charge on any atom is 0.128 e. The van der Waals surface area contributed by atoms with Crippen LogP contribution < -0.4 is 5.32 Å². The maximum atomic E-state index is 14.0. The zero-order valence-corrected chi connectivity index (χ0v) is 10.8. The highest BCUT2D eigenvalue weighted by atomic mass is 19.1. The van der Waals surface area contributed by atoms with Gasteiger partial charge in [0.05, 0.1) is 0 Å². The van der Waals surface area contributed by atoms with Crippen LogP contribution in [0.3, 0.4) is 0 Å². The van der Waals surface area contributed by atoms with Gasteiger partial charge in [-0.2, -0.15) is 0 Å². The fraction of sp³-hybridized carbons (Fsp3) is 0.250. The van der Waals surface area contributed by atoms with E-state index in [9.17, 15) is 4.39 Å². The van der Waals surface area contributed by atoms with E-state index in [4.69, 9.17) is 0 Å². The molecule has 0 fully saturated rings. The number of nitrogens with one attached hydrogen (secondary N) is 1. The van der Waals surface area contributed by atoms with Crippen LogP contribution in [-0.4, -0.2) is 7.05 Å². The van der Waals surface area contributed by atoms with Gasteiger partial charge in [-0.3, -0.25) is 0 Å². The third kappa shape index (κ3) is 2.96. The topological polar surface area (TPSA) is 12.0 Å². The van der Waals surface area contributed by atoms with Gasteiger partial charge in [0.15, 0.2) is 0 Å². The first kappa shape index (κ1) is 12.8. The Bertz CT molecular complexity index is 508. The van der Waals surface area contributed by atoms with E-state index in [1.807, 2.05) is 44.3 Å². The summed E-state index contributed by atoms with van der Waals surface area (Å²) < 4.78 is 14.0. The summed E-state index contributed by atoms with van der Waals surface area (Å²) in [6.07, 6.45) is 0.789. The Balaban J connectivity index is 2.23. The van der Waals surface area contributed by atoms with Crippen LogP contribution >= 0.6 is 0 Å². The molecule has 1 atom stereocenters. The standard InChI is InChI=1S/C16H18FN/c1-12-8-9-14(15(17)10-12)16(18-2)11-13-6-4-3-5-7-13/h3-10,16,18H,11H2,1-2H3. The van der Waals surface area contributed by atoms with Crippen LogP contribution in [0.1, 0.15) is 22.7 Å². The molecule has 0 aliphatic heterocycles. The second-order valence-electron chi connectivity index (χ2n) is 4.56. The molecule has 94 valence electrons. The van der Waals surface area contributed by atoms with Crippen molar-refractivity contribution in [3.63, 3.8) is 0 Å². The van der Waals surface area contributed by atoms with Gasteiger partial charge >= 0.3 is 0 Å². The third-order valence-electron chi connectivity index (χ3n) is 3.16. The van der Waals surface area contributed by atoms with Crippen molar-refractivity contribution in [1.82, 2.24) is 5.32 Å². The highest BCUT2D eigenvalue weighted by molar-refractivity contribution is 5.28. The first-order valence-corrected chi connectivity index (χ1v) is 6.18. The van der Waals surface area contributed by atoms with Crippen LogP contribution in [0.4, 0.5) is 4.39 Å². The van der Waals surface area contributed by atoms with Crippen molar-refractivity contribution in [3.05, 3.63) is 71.0 Å². The van der Waals surface area contributed by atoms with Crippen molar-refractivity contribution in [2.24, 2.45) is 0 Å². The van der Waals surface area contributed by atoms with E-state index in [0.717, 1.165) is 17.5 Å². The Morgan fingerprint density at radius 3 is 2.44 bits per heavy atom. The molecule has 0 aliphatic rings. The Hall–Kier alpha value is -1.67. The van der Waals surface area contributed by atoms with E-state index < -0.39 is 0 Å². The van der Waals surface area contributed by atoms with Crippen molar-refractivity contribution >= 4 is 0 Å². The minimum Gasteiger partial charge on any atom is -0.313 e. The van der Waals surface area contributed by atoms with E-state index in [2.05, 4.69) is 17.4 Å². The molecule has 0 heterocycles. The Morgan fingerprint density at radius 2 is 1.83 bits per heavy atom. The van der Waals surface area contributed by atoms with Crippen LogP contribution in [0.25, 0.3) is 0 Å². The van der Waals surface area contributed by atoms with E-state index in [0.29, 0.717) is 0 Å². The summed E-state index contributed by atoms with van der Waals surface area (Å²) in [5.41, 5.74) is 2.88. The van der Waals surface area contributed by atoms with E-state index in [1.165, 1.54) is 5.56 Å². The lowest BCUT2D eigenvalue weighted by atomic mass is 9.97. The molecule has 2 aromatic carbocycles. The molecule has 0 spiro atoms. The van der Waals surface area contributed by atoms with Crippen LogP contribution in [-0.2, 0) is 6.42 Å².